The minimum atomic E-state index is -0.311. The monoisotopic (exact) mass is 261 g/mol. The lowest BCUT2D eigenvalue weighted by atomic mass is 10.0. The van der Waals surface area contributed by atoms with Gasteiger partial charge in [0.15, 0.2) is 0 Å². The van der Waals surface area contributed by atoms with Gasteiger partial charge in [-0.05, 0) is 18.9 Å². The molecule has 1 aromatic carbocycles. The van der Waals surface area contributed by atoms with Crippen LogP contribution in [0.25, 0.3) is 11.0 Å². The first-order chi connectivity index (χ1) is 9.12. The van der Waals surface area contributed by atoms with Gasteiger partial charge in [0.1, 0.15) is 11.3 Å². The number of aryl methyl sites for hydroxylation is 2. The Kier molecular flexibility index (Phi) is 3.79. The van der Waals surface area contributed by atoms with Crippen molar-refractivity contribution in [2.75, 3.05) is 19.5 Å². The topological polar surface area (TPSA) is 51.5 Å². The molecule has 0 bridgehead atoms. The first-order valence-electron chi connectivity index (χ1n) is 6.44. The van der Waals surface area contributed by atoms with Crippen molar-refractivity contribution in [3.8, 4) is 5.75 Å². The Bertz CT molecular complexity index is 658. The van der Waals surface area contributed by atoms with Gasteiger partial charge in [-0.3, -0.25) is 0 Å². The summed E-state index contributed by atoms with van der Waals surface area (Å²) in [5, 5.41) is 4.12. The van der Waals surface area contributed by atoms with E-state index in [1.165, 1.54) is 0 Å². The summed E-state index contributed by atoms with van der Waals surface area (Å²) < 4.78 is 10.7. The first-order valence-corrected chi connectivity index (χ1v) is 6.44. The molecule has 19 heavy (non-hydrogen) atoms. The van der Waals surface area contributed by atoms with Crippen molar-refractivity contribution in [3.05, 3.63) is 33.7 Å². The Morgan fingerprint density at radius 2 is 2.11 bits per heavy atom. The lowest BCUT2D eigenvalue weighted by Gasteiger charge is -2.14. The quantitative estimate of drug-likeness (QED) is 0.859. The Morgan fingerprint density at radius 3 is 2.68 bits per heavy atom. The largest absolute Gasteiger partial charge is 0.496 e. The van der Waals surface area contributed by atoms with Crippen LogP contribution in [-0.4, -0.2) is 14.2 Å². The van der Waals surface area contributed by atoms with Crippen LogP contribution in [0.2, 0.25) is 0 Å². The molecule has 102 valence electrons. The summed E-state index contributed by atoms with van der Waals surface area (Å²) in [6.45, 7) is 4.00. The SMILES string of the molecule is CCCc1cc(=O)oc2c(C)c(OC)cc(NC)c12. The fraction of sp³-hybridized carbons (Fsp3) is 0.400. The zero-order valence-corrected chi connectivity index (χ0v) is 11.8. The highest BCUT2D eigenvalue weighted by atomic mass is 16.5. The fourth-order valence-corrected chi connectivity index (χ4v) is 2.40. The van der Waals surface area contributed by atoms with Gasteiger partial charge < -0.3 is 14.5 Å². The van der Waals surface area contributed by atoms with Crippen molar-refractivity contribution in [1.82, 2.24) is 0 Å². The van der Waals surface area contributed by atoms with Crippen molar-refractivity contribution in [1.29, 1.82) is 0 Å². The third kappa shape index (κ3) is 2.30. The van der Waals surface area contributed by atoms with E-state index in [4.69, 9.17) is 9.15 Å². The summed E-state index contributed by atoms with van der Waals surface area (Å²) in [6, 6.07) is 3.52. The molecule has 0 aliphatic carbocycles. The Hall–Kier alpha value is -1.97. The van der Waals surface area contributed by atoms with Gasteiger partial charge in [-0.25, -0.2) is 4.79 Å². The minimum Gasteiger partial charge on any atom is -0.496 e. The minimum absolute atomic E-state index is 0.311. The van der Waals surface area contributed by atoms with E-state index in [1.54, 1.807) is 13.2 Å². The van der Waals surface area contributed by atoms with E-state index in [9.17, 15) is 4.79 Å². The second-order valence-electron chi connectivity index (χ2n) is 4.55. The van der Waals surface area contributed by atoms with Crippen molar-refractivity contribution < 1.29 is 9.15 Å². The molecule has 0 saturated carbocycles. The van der Waals surface area contributed by atoms with E-state index in [1.807, 2.05) is 20.0 Å². The second kappa shape index (κ2) is 5.34. The maximum absolute atomic E-state index is 11.7. The summed E-state index contributed by atoms with van der Waals surface area (Å²) in [5.74, 6) is 0.716. The van der Waals surface area contributed by atoms with Crippen LogP contribution in [0, 0.1) is 6.92 Å². The highest BCUT2D eigenvalue weighted by molar-refractivity contribution is 5.96. The molecular weight excluding hydrogens is 242 g/mol. The Labute approximate surface area is 112 Å². The van der Waals surface area contributed by atoms with Crippen LogP contribution in [0.3, 0.4) is 0 Å². The van der Waals surface area contributed by atoms with E-state index >= 15 is 0 Å². The number of benzene rings is 1. The number of hydrogen-bond donors (Lipinski definition) is 1. The van der Waals surface area contributed by atoms with Gasteiger partial charge in [0.05, 0.1) is 7.11 Å². The molecule has 1 N–H and O–H groups in total. The van der Waals surface area contributed by atoms with Gasteiger partial charge in [-0.15, -0.1) is 0 Å². The van der Waals surface area contributed by atoms with E-state index < -0.39 is 0 Å². The van der Waals surface area contributed by atoms with Crippen LogP contribution < -0.4 is 15.7 Å². The molecular formula is C15H19NO3. The van der Waals surface area contributed by atoms with Gasteiger partial charge in [0.2, 0.25) is 0 Å². The van der Waals surface area contributed by atoms with Gasteiger partial charge in [-0.1, -0.05) is 13.3 Å². The molecule has 0 saturated heterocycles. The highest BCUT2D eigenvalue weighted by Crippen LogP contribution is 2.35. The van der Waals surface area contributed by atoms with Crippen LogP contribution in [0.1, 0.15) is 24.5 Å². The average Bonchev–Trinajstić information content (AvgIpc) is 2.40. The number of ether oxygens (including phenoxy) is 1. The third-order valence-corrected chi connectivity index (χ3v) is 3.31. The van der Waals surface area contributed by atoms with Crippen LogP contribution >= 0.6 is 0 Å². The summed E-state index contributed by atoms with van der Waals surface area (Å²) in [5.41, 5.74) is 3.09. The number of nitrogens with one attached hydrogen (secondary N) is 1. The second-order valence-corrected chi connectivity index (χ2v) is 4.55. The molecule has 2 aromatic rings. The molecule has 0 radical (unpaired) electrons. The zero-order chi connectivity index (χ0) is 14.0. The van der Waals surface area contributed by atoms with Gasteiger partial charge in [0.25, 0.3) is 0 Å². The van der Waals surface area contributed by atoms with Crippen molar-refractivity contribution >= 4 is 16.7 Å². The molecule has 1 aromatic heterocycles. The fourth-order valence-electron chi connectivity index (χ4n) is 2.40. The first kappa shape index (κ1) is 13.5. The predicted octanol–water partition coefficient (Wildman–Crippen LogP) is 3.10. The molecule has 0 aliphatic heterocycles. The van der Waals surface area contributed by atoms with Crippen molar-refractivity contribution in [3.63, 3.8) is 0 Å². The summed E-state index contributed by atoms with van der Waals surface area (Å²) in [7, 11) is 3.46. The number of rotatable bonds is 4. The summed E-state index contributed by atoms with van der Waals surface area (Å²) >= 11 is 0. The predicted molar refractivity (Wildman–Crippen MR) is 77.3 cm³/mol. The van der Waals surface area contributed by atoms with Crippen molar-refractivity contribution in [2.45, 2.75) is 26.7 Å². The molecule has 2 rings (SSSR count). The molecule has 0 unspecified atom stereocenters. The maximum Gasteiger partial charge on any atom is 0.336 e. The van der Waals surface area contributed by atoms with Crippen LogP contribution in [-0.2, 0) is 6.42 Å². The number of anilines is 1. The van der Waals surface area contributed by atoms with Gasteiger partial charge in [-0.2, -0.15) is 0 Å². The molecule has 4 heteroatoms. The molecule has 0 amide bonds. The molecule has 1 heterocycles. The number of fused-ring (bicyclic) bond motifs is 1. The molecule has 0 aliphatic rings. The molecule has 0 atom stereocenters. The third-order valence-electron chi connectivity index (χ3n) is 3.31. The zero-order valence-electron chi connectivity index (χ0n) is 11.8. The van der Waals surface area contributed by atoms with Crippen LogP contribution in [0.4, 0.5) is 5.69 Å². The lowest BCUT2D eigenvalue weighted by Crippen LogP contribution is -2.04. The normalized spacial score (nSPS) is 10.7. The lowest BCUT2D eigenvalue weighted by molar-refractivity contribution is 0.411. The number of hydrogen-bond acceptors (Lipinski definition) is 4. The van der Waals surface area contributed by atoms with E-state index in [0.717, 1.165) is 35.0 Å². The van der Waals surface area contributed by atoms with E-state index in [-0.39, 0.29) is 5.63 Å². The van der Waals surface area contributed by atoms with E-state index in [0.29, 0.717) is 11.3 Å². The maximum atomic E-state index is 11.7. The molecule has 0 fully saturated rings. The molecule has 4 nitrogen and oxygen atoms in total. The van der Waals surface area contributed by atoms with Gasteiger partial charge in [0, 0.05) is 35.8 Å². The smallest absolute Gasteiger partial charge is 0.336 e. The summed E-state index contributed by atoms with van der Waals surface area (Å²) in [4.78, 5) is 11.7. The van der Waals surface area contributed by atoms with Crippen molar-refractivity contribution in [2.24, 2.45) is 0 Å². The Morgan fingerprint density at radius 1 is 1.37 bits per heavy atom. The summed E-state index contributed by atoms with van der Waals surface area (Å²) in [6.07, 6.45) is 1.83. The number of methoxy groups -OCH3 is 1. The standard InChI is InChI=1S/C15H19NO3/c1-5-6-10-7-13(17)19-15-9(2)12(18-4)8-11(16-3)14(10)15/h7-8,16H,5-6H2,1-4H3. The van der Waals surface area contributed by atoms with Crippen LogP contribution in [0.5, 0.6) is 5.75 Å². The van der Waals surface area contributed by atoms with Crippen LogP contribution in [0.15, 0.2) is 21.3 Å². The van der Waals surface area contributed by atoms with E-state index in [2.05, 4.69) is 12.2 Å². The highest BCUT2D eigenvalue weighted by Gasteiger charge is 2.15. The van der Waals surface area contributed by atoms with Gasteiger partial charge >= 0.3 is 5.63 Å². The molecule has 0 spiro atoms. The Balaban J connectivity index is 2.91. The average molecular weight is 261 g/mol.